The number of hydrogen-bond donors (Lipinski definition) is 1. The number of rotatable bonds is 13. The van der Waals surface area contributed by atoms with Gasteiger partial charge < -0.3 is 24.4 Å². The van der Waals surface area contributed by atoms with Gasteiger partial charge in [-0.15, -0.1) is 13.2 Å². The normalized spacial score (nSPS) is 29.3. The fourth-order valence-corrected chi connectivity index (χ4v) is 7.26. The maximum Gasteiger partial charge on any atom is 0.312 e. The molecule has 0 saturated carbocycles. The smallest absolute Gasteiger partial charge is 0.312 e. The summed E-state index contributed by atoms with van der Waals surface area (Å²) in [7, 11) is 0. The van der Waals surface area contributed by atoms with Crippen LogP contribution in [0.1, 0.15) is 32.1 Å². The summed E-state index contributed by atoms with van der Waals surface area (Å²) in [5.41, 5.74) is -0.679. The fraction of sp³-hybridized carbons (Fsp3) is 0.536. The van der Waals surface area contributed by atoms with Gasteiger partial charge >= 0.3 is 5.97 Å². The van der Waals surface area contributed by atoms with E-state index in [1.807, 2.05) is 0 Å². The molecule has 3 fully saturated rings. The van der Waals surface area contributed by atoms with Gasteiger partial charge in [-0.1, -0.05) is 51.8 Å². The number of unbranched alkanes of at least 4 members (excludes halogenated alkanes) is 2. The van der Waals surface area contributed by atoms with Crippen LogP contribution < -0.4 is 4.90 Å². The molecule has 3 heterocycles. The van der Waals surface area contributed by atoms with Gasteiger partial charge in [0.25, 0.3) is 5.91 Å². The summed E-state index contributed by atoms with van der Waals surface area (Å²) in [6.07, 6.45) is 5.47. The largest absolute Gasteiger partial charge is 0.465 e. The Hall–Kier alpha value is -2.20. The highest BCUT2D eigenvalue weighted by Gasteiger charge is 2.77. The first-order valence-electron chi connectivity index (χ1n) is 13.0. The number of fused-ring (bicyclic) bond motifs is 1. The molecule has 3 aliphatic rings. The number of aliphatic hydroxyl groups excluding tert-OH is 1. The Labute approximate surface area is 236 Å². The van der Waals surface area contributed by atoms with Gasteiger partial charge in [-0.05, 0) is 44.2 Å². The molecule has 0 aromatic heterocycles. The number of para-hydroxylation sites is 1. The third-order valence-electron chi connectivity index (χ3n) is 7.64. The lowest BCUT2D eigenvalue weighted by Gasteiger charge is -2.37. The lowest BCUT2D eigenvalue weighted by atomic mass is 9.70. The lowest BCUT2D eigenvalue weighted by molar-refractivity contribution is -0.154. The number of likely N-dealkylation sites (tertiary alicyclic amines) is 1. The van der Waals surface area contributed by atoms with E-state index in [-0.39, 0.29) is 36.4 Å². The molecule has 8 nitrogen and oxygen atoms in total. The van der Waals surface area contributed by atoms with Gasteiger partial charge in [0.2, 0.25) is 5.91 Å². The van der Waals surface area contributed by atoms with Crippen molar-refractivity contribution in [3.63, 3.8) is 0 Å². The summed E-state index contributed by atoms with van der Waals surface area (Å²) in [6.45, 7) is 8.17. The fourth-order valence-electron chi connectivity index (χ4n) is 6.08. The molecule has 10 heteroatoms. The minimum absolute atomic E-state index is 0.0527. The zero-order valence-corrected chi connectivity index (χ0v) is 23.6. The van der Waals surface area contributed by atoms with Crippen LogP contribution in [0.3, 0.4) is 0 Å². The van der Waals surface area contributed by atoms with E-state index in [1.165, 1.54) is 4.90 Å². The molecule has 4 rings (SSSR count). The van der Waals surface area contributed by atoms with Crippen LogP contribution in [-0.4, -0.2) is 76.7 Å². The Balaban J connectivity index is 1.74. The first-order chi connectivity index (χ1) is 18.3. The minimum Gasteiger partial charge on any atom is -0.465 e. The van der Waals surface area contributed by atoms with E-state index in [0.717, 1.165) is 0 Å². The molecule has 206 valence electrons. The quantitative estimate of drug-likeness (QED) is 0.158. The summed E-state index contributed by atoms with van der Waals surface area (Å²) >= 11 is 10.1. The van der Waals surface area contributed by atoms with E-state index in [0.29, 0.717) is 49.4 Å². The van der Waals surface area contributed by atoms with Crippen molar-refractivity contribution < 1.29 is 29.0 Å². The SMILES string of the molecule is C=CCCOC(=O)[C@H]1[C@H]2C(=O)N(CCCCCO)C(C(=O)N(CC=C)c3ccccc3Cl)C23CC(Br)[C@@H]1O3. The van der Waals surface area contributed by atoms with Crippen LogP contribution in [0.4, 0.5) is 5.69 Å². The predicted molar refractivity (Wildman–Crippen MR) is 148 cm³/mol. The first kappa shape index (κ1) is 28.8. The third-order valence-corrected chi connectivity index (χ3v) is 8.80. The number of amides is 2. The number of esters is 1. The van der Waals surface area contributed by atoms with Crippen molar-refractivity contribution >= 4 is 51.0 Å². The number of carbonyl (C=O) groups excluding carboxylic acids is 3. The topological polar surface area (TPSA) is 96.4 Å². The molecule has 1 N–H and O–H groups in total. The molecule has 0 radical (unpaired) electrons. The summed E-state index contributed by atoms with van der Waals surface area (Å²) < 4.78 is 12.0. The zero-order chi connectivity index (χ0) is 27.4. The van der Waals surface area contributed by atoms with Crippen molar-refractivity contribution in [2.24, 2.45) is 11.8 Å². The van der Waals surface area contributed by atoms with Crippen molar-refractivity contribution in [2.75, 3.05) is 31.2 Å². The maximum absolute atomic E-state index is 14.4. The van der Waals surface area contributed by atoms with Gasteiger partial charge in [0, 0.05) is 24.5 Å². The van der Waals surface area contributed by atoms with Gasteiger partial charge in [-0.3, -0.25) is 14.4 Å². The van der Waals surface area contributed by atoms with Crippen molar-refractivity contribution in [3.05, 3.63) is 54.6 Å². The van der Waals surface area contributed by atoms with E-state index >= 15 is 0 Å². The third kappa shape index (κ3) is 5.06. The molecule has 38 heavy (non-hydrogen) atoms. The van der Waals surface area contributed by atoms with Crippen LogP contribution in [-0.2, 0) is 23.9 Å². The summed E-state index contributed by atoms with van der Waals surface area (Å²) in [5.74, 6) is -2.77. The van der Waals surface area contributed by atoms with Crippen molar-refractivity contribution in [1.82, 2.24) is 4.90 Å². The van der Waals surface area contributed by atoms with Crippen LogP contribution in [0, 0.1) is 11.8 Å². The van der Waals surface area contributed by atoms with Crippen molar-refractivity contribution in [3.8, 4) is 0 Å². The van der Waals surface area contributed by atoms with Crippen LogP contribution in [0.15, 0.2) is 49.6 Å². The van der Waals surface area contributed by atoms with E-state index in [1.54, 1.807) is 41.3 Å². The number of nitrogens with zero attached hydrogens (tertiary/aromatic N) is 2. The molecular formula is C28H34BrClN2O6. The van der Waals surface area contributed by atoms with Crippen molar-refractivity contribution in [2.45, 2.75) is 54.7 Å². The van der Waals surface area contributed by atoms with Crippen molar-refractivity contribution in [1.29, 1.82) is 0 Å². The summed E-state index contributed by atoms with van der Waals surface area (Å²) in [4.78, 5) is 44.6. The van der Waals surface area contributed by atoms with Gasteiger partial charge in [0.05, 0.1) is 35.3 Å². The Morgan fingerprint density at radius 2 is 2.03 bits per heavy atom. The molecule has 1 spiro atoms. The van der Waals surface area contributed by atoms with E-state index in [9.17, 15) is 19.5 Å². The van der Waals surface area contributed by atoms with Crippen LogP contribution in [0.5, 0.6) is 0 Å². The predicted octanol–water partition coefficient (Wildman–Crippen LogP) is 3.89. The number of benzene rings is 1. The molecule has 6 atom stereocenters. The van der Waals surface area contributed by atoms with E-state index in [4.69, 9.17) is 21.1 Å². The Bertz CT molecular complexity index is 1090. The number of aliphatic hydroxyl groups is 1. The number of carbonyl (C=O) groups is 3. The number of ether oxygens (including phenoxy) is 2. The molecule has 0 aliphatic carbocycles. The Morgan fingerprint density at radius 3 is 2.71 bits per heavy atom. The monoisotopic (exact) mass is 608 g/mol. The Morgan fingerprint density at radius 1 is 1.26 bits per heavy atom. The van der Waals surface area contributed by atoms with E-state index in [2.05, 4.69) is 29.1 Å². The highest BCUT2D eigenvalue weighted by atomic mass is 79.9. The standard InChI is InChI=1S/C28H34BrClN2O6/c1-3-5-16-37-27(36)21-22-25(34)32(14-9-6-10-15-33)24(28(22)17-18(29)23(21)38-28)26(35)31(13-4-2)20-12-8-7-11-19(20)30/h3-4,7-8,11-12,18,21-24,33H,1-2,5-6,9-10,13-17H2/t18?,21-,22-,23-,24?,28?/m0/s1. The maximum atomic E-state index is 14.4. The summed E-state index contributed by atoms with van der Waals surface area (Å²) in [5, 5.41) is 9.62. The van der Waals surface area contributed by atoms with Gasteiger partial charge in [-0.2, -0.15) is 0 Å². The minimum atomic E-state index is -1.19. The second kappa shape index (κ2) is 12.3. The summed E-state index contributed by atoms with van der Waals surface area (Å²) in [6, 6.07) is 6.07. The number of hydrogen-bond acceptors (Lipinski definition) is 6. The van der Waals surface area contributed by atoms with Crippen LogP contribution in [0.25, 0.3) is 0 Å². The highest BCUT2D eigenvalue weighted by Crippen LogP contribution is 2.60. The molecule has 1 aromatic carbocycles. The number of halogens is 2. The lowest BCUT2D eigenvalue weighted by Crippen LogP contribution is -2.57. The molecule has 2 amide bonds. The Kier molecular flexibility index (Phi) is 9.34. The number of alkyl halides is 1. The molecule has 3 unspecified atom stereocenters. The zero-order valence-electron chi connectivity index (χ0n) is 21.3. The molecule has 1 aromatic rings. The van der Waals surface area contributed by atoms with Gasteiger partial charge in [0.15, 0.2) is 0 Å². The number of anilines is 1. The van der Waals surface area contributed by atoms with Crippen LogP contribution in [0.2, 0.25) is 5.02 Å². The molecule has 2 bridgehead atoms. The molecule has 3 aliphatic heterocycles. The molecular weight excluding hydrogens is 576 g/mol. The van der Waals surface area contributed by atoms with Gasteiger partial charge in [-0.25, -0.2) is 0 Å². The highest BCUT2D eigenvalue weighted by molar-refractivity contribution is 9.09. The second-order valence-corrected chi connectivity index (χ2v) is 11.5. The first-order valence-corrected chi connectivity index (χ1v) is 14.3. The van der Waals surface area contributed by atoms with Gasteiger partial charge in [0.1, 0.15) is 11.6 Å². The average Bonchev–Trinajstić information content (AvgIpc) is 3.49. The second-order valence-electron chi connectivity index (χ2n) is 9.91. The van der Waals surface area contributed by atoms with Crippen LogP contribution >= 0.6 is 27.5 Å². The van der Waals surface area contributed by atoms with E-state index < -0.39 is 35.6 Å². The average molecular weight is 610 g/mol. The molecule has 3 saturated heterocycles.